The number of rotatable bonds is 4. The average Bonchev–Trinajstić information content (AvgIpc) is 2.68. The van der Waals surface area contributed by atoms with Gasteiger partial charge in [0.05, 0.1) is 11.2 Å². The highest BCUT2D eigenvalue weighted by molar-refractivity contribution is 5.80. The van der Waals surface area contributed by atoms with E-state index in [2.05, 4.69) is 23.2 Å². The number of ether oxygens (including phenoxy) is 1. The smallest absolute Gasteiger partial charge is 0.127 e. The molecule has 1 aromatic heterocycles. The molecule has 2 nitrogen and oxygen atoms in total. The molecule has 0 unspecified atom stereocenters. The number of fused-ring (bicyclic) bond motifs is 1. The Labute approximate surface area is 147 Å². The Morgan fingerprint density at radius 2 is 1.32 bits per heavy atom. The Morgan fingerprint density at radius 1 is 0.600 bits per heavy atom. The van der Waals surface area contributed by atoms with Crippen LogP contribution in [0.1, 0.15) is 11.3 Å². The molecule has 0 atom stereocenters. The van der Waals surface area contributed by atoms with Gasteiger partial charge in [0.2, 0.25) is 0 Å². The van der Waals surface area contributed by atoms with Crippen LogP contribution in [-0.4, -0.2) is 4.98 Å². The maximum atomic E-state index is 5.81. The van der Waals surface area contributed by atoms with Crippen LogP contribution in [0.15, 0.2) is 91.0 Å². The van der Waals surface area contributed by atoms with Gasteiger partial charge in [0, 0.05) is 5.39 Å². The van der Waals surface area contributed by atoms with Gasteiger partial charge in [-0.25, -0.2) is 4.98 Å². The summed E-state index contributed by atoms with van der Waals surface area (Å²) in [7, 11) is 0. The van der Waals surface area contributed by atoms with Crippen molar-refractivity contribution in [2.75, 3.05) is 0 Å². The van der Waals surface area contributed by atoms with E-state index in [9.17, 15) is 0 Å². The summed E-state index contributed by atoms with van der Waals surface area (Å²) in [5.74, 6) is 1.67. The van der Waals surface area contributed by atoms with Crippen LogP contribution in [0, 0.1) is 0 Å². The lowest BCUT2D eigenvalue weighted by Crippen LogP contribution is -1.84. The third-order valence-corrected chi connectivity index (χ3v) is 3.93. The van der Waals surface area contributed by atoms with E-state index in [1.54, 1.807) is 0 Å². The van der Waals surface area contributed by atoms with Crippen LogP contribution >= 0.6 is 0 Å². The Bertz CT molecular complexity index is 1000. The summed E-state index contributed by atoms with van der Waals surface area (Å²) < 4.78 is 5.81. The molecule has 0 saturated carbocycles. The van der Waals surface area contributed by atoms with Crippen LogP contribution < -0.4 is 4.74 Å². The Balaban J connectivity index is 1.49. The summed E-state index contributed by atoms with van der Waals surface area (Å²) in [6.45, 7) is 0. The zero-order chi connectivity index (χ0) is 16.9. The fourth-order valence-corrected chi connectivity index (χ4v) is 2.63. The third kappa shape index (κ3) is 3.75. The molecule has 0 aliphatic carbocycles. The zero-order valence-corrected chi connectivity index (χ0v) is 13.7. The molecular weight excluding hydrogens is 306 g/mol. The van der Waals surface area contributed by atoms with E-state index in [4.69, 9.17) is 4.74 Å². The largest absolute Gasteiger partial charge is 0.457 e. The first-order valence-electron chi connectivity index (χ1n) is 8.24. The second kappa shape index (κ2) is 7.02. The van der Waals surface area contributed by atoms with Crippen LogP contribution in [0.5, 0.6) is 11.5 Å². The molecule has 4 aromatic rings. The lowest BCUT2D eigenvalue weighted by atomic mass is 10.1. The fourth-order valence-electron chi connectivity index (χ4n) is 2.63. The molecule has 0 saturated heterocycles. The highest BCUT2D eigenvalue weighted by atomic mass is 16.5. The van der Waals surface area contributed by atoms with Crippen molar-refractivity contribution in [1.29, 1.82) is 0 Å². The van der Waals surface area contributed by atoms with E-state index in [0.717, 1.165) is 33.7 Å². The molecule has 1 heterocycles. The summed E-state index contributed by atoms with van der Waals surface area (Å²) in [6.07, 6.45) is 4.09. The first-order chi connectivity index (χ1) is 12.4. The molecule has 25 heavy (non-hydrogen) atoms. The molecule has 120 valence electrons. The summed E-state index contributed by atoms with van der Waals surface area (Å²) in [6, 6.07) is 30.1. The molecule has 0 amide bonds. The van der Waals surface area contributed by atoms with E-state index in [1.165, 1.54) is 0 Å². The predicted octanol–water partition coefficient (Wildman–Crippen LogP) is 6.20. The number of pyridine rings is 1. The molecular formula is C23H17NO. The monoisotopic (exact) mass is 323 g/mol. The number of hydrogen-bond donors (Lipinski definition) is 0. The first kappa shape index (κ1) is 15.2. The van der Waals surface area contributed by atoms with Gasteiger partial charge in [0.25, 0.3) is 0 Å². The van der Waals surface area contributed by atoms with Crippen LogP contribution in [0.3, 0.4) is 0 Å². The number of nitrogens with zero attached hydrogens (tertiary/aromatic N) is 1. The van der Waals surface area contributed by atoms with Crippen LogP contribution in [0.2, 0.25) is 0 Å². The van der Waals surface area contributed by atoms with Gasteiger partial charge in [0.15, 0.2) is 0 Å². The van der Waals surface area contributed by atoms with Crippen molar-refractivity contribution in [2.24, 2.45) is 0 Å². The van der Waals surface area contributed by atoms with Crippen LogP contribution in [0.4, 0.5) is 0 Å². The Morgan fingerprint density at radius 3 is 2.16 bits per heavy atom. The van der Waals surface area contributed by atoms with Crippen LogP contribution in [0.25, 0.3) is 23.1 Å². The van der Waals surface area contributed by atoms with E-state index in [-0.39, 0.29) is 0 Å². The molecule has 0 aliphatic rings. The van der Waals surface area contributed by atoms with Gasteiger partial charge in [-0.3, -0.25) is 0 Å². The quantitative estimate of drug-likeness (QED) is 0.446. The lowest BCUT2D eigenvalue weighted by molar-refractivity contribution is 0.482. The summed E-state index contributed by atoms with van der Waals surface area (Å²) in [4.78, 5) is 4.65. The number of para-hydroxylation sites is 2. The highest BCUT2D eigenvalue weighted by Crippen LogP contribution is 2.22. The number of hydrogen-bond acceptors (Lipinski definition) is 2. The average molecular weight is 323 g/mol. The summed E-state index contributed by atoms with van der Waals surface area (Å²) in [5.41, 5.74) is 3.06. The van der Waals surface area contributed by atoms with Crippen molar-refractivity contribution in [2.45, 2.75) is 0 Å². The van der Waals surface area contributed by atoms with E-state index in [1.807, 2.05) is 84.9 Å². The molecule has 4 rings (SSSR count). The van der Waals surface area contributed by atoms with E-state index >= 15 is 0 Å². The summed E-state index contributed by atoms with van der Waals surface area (Å²) >= 11 is 0. The predicted molar refractivity (Wildman–Crippen MR) is 104 cm³/mol. The second-order valence-corrected chi connectivity index (χ2v) is 5.75. The van der Waals surface area contributed by atoms with Crippen molar-refractivity contribution in [3.63, 3.8) is 0 Å². The van der Waals surface area contributed by atoms with Gasteiger partial charge < -0.3 is 4.74 Å². The van der Waals surface area contributed by atoms with Crippen molar-refractivity contribution in [1.82, 2.24) is 4.98 Å². The minimum atomic E-state index is 0.826. The zero-order valence-electron chi connectivity index (χ0n) is 13.7. The Hall–Kier alpha value is -3.39. The molecule has 3 aromatic carbocycles. The van der Waals surface area contributed by atoms with Crippen molar-refractivity contribution in [3.05, 3.63) is 102 Å². The lowest BCUT2D eigenvalue weighted by Gasteiger charge is -2.05. The first-order valence-corrected chi connectivity index (χ1v) is 8.24. The molecule has 0 radical (unpaired) electrons. The van der Waals surface area contributed by atoms with Gasteiger partial charge in [-0.2, -0.15) is 0 Å². The molecule has 0 N–H and O–H groups in total. The van der Waals surface area contributed by atoms with Crippen molar-refractivity contribution in [3.8, 4) is 11.5 Å². The number of aromatic nitrogens is 1. The van der Waals surface area contributed by atoms with Gasteiger partial charge in [-0.05, 0) is 48.0 Å². The SMILES string of the molecule is C(=C\c1ccc2ccccc2n1)/c1ccc(Oc2ccccc2)cc1. The third-order valence-electron chi connectivity index (χ3n) is 3.93. The van der Waals surface area contributed by atoms with Gasteiger partial charge in [-0.1, -0.05) is 60.7 Å². The molecule has 0 aliphatic heterocycles. The topological polar surface area (TPSA) is 22.1 Å². The van der Waals surface area contributed by atoms with Gasteiger partial charge in [-0.15, -0.1) is 0 Å². The second-order valence-electron chi connectivity index (χ2n) is 5.75. The Kier molecular flexibility index (Phi) is 4.25. The van der Waals surface area contributed by atoms with Gasteiger partial charge in [0.1, 0.15) is 11.5 Å². The number of benzene rings is 3. The molecule has 0 fully saturated rings. The fraction of sp³-hybridized carbons (Fsp3) is 0. The normalized spacial score (nSPS) is 11.0. The van der Waals surface area contributed by atoms with E-state index < -0.39 is 0 Å². The minimum Gasteiger partial charge on any atom is -0.457 e. The maximum absolute atomic E-state index is 5.81. The van der Waals surface area contributed by atoms with Crippen LogP contribution in [-0.2, 0) is 0 Å². The molecule has 0 spiro atoms. The van der Waals surface area contributed by atoms with Gasteiger partial charge >= 0.3 is 0 Å². The highest BCUT2D eigenvalue weighted by Gasteiger charge is 1.97. The van der Waals surface area contributed by atoms with Crippen molar-refractivity contribution < 1.29 is 4.74 Å². The standard InChI is InChI=1S/C23H17NO/c1-2-7-21(8-3-1)25-22-16-11-18(12-17-22)10-14-20-15-13-19-6-4-5-9-23(19)24-20/h1-17H/b14-10+. The molecule has 0 bridgehead atoms. The summed E-state index contributed by atoms with van der Waals surface area (Å²) in [5, 5.41) is 1.15. The van der Waals surface area contributed by atoms with Crippen molar-refractivity contribution >= 4 is 23.1 Å². The van der Waals surface area contributed by atoms with E-state index in [0.29, 0.717) is 0 Å². The maximum Gasteiger partial charge on any atom is 0.127 e. The molecule has 2 heteroatoms. The minimum absolute atomic E-state index is 0.826.